The van der Waals surface area contributed by atoms with Gasteiger partial charge in [-0.05, 0) is 153 Å². The summed E-state index contributed by atoms with van der Waals surface area (Å²) in [6.45, 7) is 10.2. The maximum atomic E-state index is 14.0. The first-order valence-electron chi connectivity index (χ1n) is 24.9. The van der Waals surface area contributed by atoms with Gasteiger partial charge in [0.2, 0.25) is 23.6 Å². The molecule has 10 fully saturated rings. The van der Waals surface area contributed by atoms with Crippen molar-refractivity contribution in [2.75, 3.05) is 23.0 Å². The van der Waals surface area contributed by atoms with Crippen LogP contribution in [0.2, 0.25) is 0 Å². The zero-order chi connectivity index (χ0) is 46.3. The minimum atomic E-state index is -0.442. The number of rotatable bonds is 6. The Balaban J connectivity index is 0.746. The van der Waals surface area contributed by atoms with Crippen molar-refractivity contribution in [2.45, 2.75) is 141 Å². The zero-order valence-electron chi connectivity index (χ0n) is 39.0. The molecule has 4 amide bonds. The molecule has 12 rings (SSSR count). The number of ether oxygens (including phenoxy) is 6. The van der Waals surface area contributed by atoms with Crippen molar-refractivity contribution in [1.29, 1.82) is 0 Å². The molecule has 0 radical (unpaired) electrons. The van der Waals surface area contributed by atoms with Gasteiger partial charge in [-0.15, -0.1) is 12.8 Å². The van der Waals surface area contributed by atoms with E-state index in [1.165, 1.54) is 9.80 Å². The molecule has 4 heterocycles. The van der Waals surface area contributed by atoms with E-state index in [1.54, 1.807) is 48.5 Å². The van der Waals surface area contributed by atoms with Crippen LogP contribution in [0.3, 0.4) is 0 Å². The lowest BCUT2D eigenvalue weighted by atomic mass is 9.59. The summed E-state index contributed by atoms with van der Waals surface area (Å²) < 4.78 is 39.5. The highest BCUT2D eigenvalue weighted by molar-refractivity contribution is 6.23. The molecule has 2 aromatic rings. The number of anilines is 2. The van der Waals surface area contributed by atoms with Crippen molar-refractivity contribution in [3.63, 3.8) is 0 Å². The summed E-state index contributed by atoms with van der Waals surface area (Å²) in [5, 5.41) is 0. The minimum absolute atomic E-state index is 0.0520. The summed E-state index contributed by atoms with van der Waals surface area (Å²) in [6, 6.07) is 14.0. The van der Waals surface area contributed by atoms with Crippen LogP contribution in [0.4, 0.5) is 11.4 Å². The first-order valence-corrected chi connectivity index (χ1v) is 24.9. The summed E-state index contributed by atoms with van der Waals surface area (Å²) in [5.74, 6) is 5.48. The van der Waals surface area contributed by atoms with Gasteiger partial charge < -0.3 is 28.4 Å². The number of fused-ring (bicyclic) bond motifs is 10. The number of carbonyl (C=O) groups excluding carboxylic acids is 4. The molecule has 4 saturated heterocycles. The van der Waals surface area contributed by atoms with Crippen LogP contribution >= 0.6 is 0 Å². The van der Waals surface area contributed by atoms with Crippen LogP contribution in [0.5, 0.6) is 11.5 Å². The summed E-state index contributed by atoms with van der Waals surface area (Å²) in [6.07, 6.45) is 17.4. The maximum absolute atomic E-state index is 14.0. The average molecular weight is 911 g/mol. The Kier molecular flexibility index (Phi) is 10.2. The minimum Gasteiger partial charge on any atom is -0.481 e. The predicted molar refractivity (Wildman–Crippen MR) is 245 cm³/mol. The molecule has 67 heavy (non-hydrogen) atoms. The number of hydrogen-bond donors (Lipinski definition) is 0. The third kappa shape index (κ3) is 6.70. The fourth-order valence-electron chi connectivity index (χ4n) is 16.5. The Morgan fingerprint density at radius 1 is 0.478 bits per heavy atom. The molecule has 6 aliphatic carbocycles. The Morgan fingerprint density at radius 2 is 0.761 bits per heavy atom. The van der Waals surface area contributed by atoms with Crippen LogP contribution in [0.25, 0.3) is 0 Å². The molecule has 16 unspecified atom stereocenters. The summed E-state index contributed by atoms with van der Waals surface area (Å²) in [5.41, 5.74) is 1.36. The van der Waals surface area contributed by atoms with Gasteiger partial charge in [-0.2, -0.15) is 0 Å². The molecular formula is C55H62N2O10. The quantitative estimate of drug-likeness (QED) is 0.218. The van der Waals surface area contributed by atoms with E-state index < -0.39 is 23.7 Å². The van der Waals surface area contributed by atoms with Crippen molar-refractivity contribution in [3.05, 3.63) is 48.5 Å². The molecular weight excluding hydrogens is 849 g/mol. The van der Waals surface area contributed by atoms with Gasteiger partial charge in [0.05, 0.1) is 83.9 Å². The molecule has 12 nitrogen and oxygen atoms in total. The lowest BCUT2D eigenvalue weighted by molar-refractivity contribution is -0.266. The fourth-order valence-corrected chi connectivity index (χ4v) is 16.5. The van der Waals surface area contributed by atoms with Gasteiger partial charge in [-0.1, -0.05) is 39.5 Å². The number of hydrogen-bond acceptors (Lipinski definition) is 10. The van der Waals surface area contributed by atoms with E-state index >= 15 is 0 Å². The van der Waals surface area contributed by atoms with Gasteiger partial charge in [-0.3, -0.25) is 29.0 Å². The molecule has 1 spiro atoms. The van der Waals surface area contributed by atoms with Crippen LogP contribution in [-0.4, -0.2) is 85.7 Å². The van der Waals surface area contributed by atoms with E-state index in [-0.39, 0.29) is 102 Å². The molecule has 2 aromatic carbocycles. The second kappa shape index (κ2) is 15.7. The predicted octanol–water partition coefficient (Wildman–Crippen LogP) is 7.15. The van der Waals surface area contributed by atoms with Crippen molar-refractivity contribution < 1.29 is 47.6 Å². The Morgan fingerprint density at radius 3 is 1.06 bits per heavy atom. The van der Waals surface area contributed by atoms with Crippen LogP contribution in [-0.2, 0) is 38.1 Å². The van der Waals surface area contributed by atoms with E-state index in [4.69, 9.17) is 41.3 Å². The molecule has 12 heteroatoms. The van der Waals surface area contributed by atoms with Crippen molar-refractivity contribution in [2.24, 2.45) is 63.6 Å². The van der Waals surface area contributed by atoms with Gasteiger partial charge in [0, 0.05) is 0 Å². The van der Waals surface area contributed by atoms with Gasteiger partial charge in [0.15, 0.2) is 0 Å². The Bertz CT molecular complexity index is 2280. The lowest BCUT2D eigenvalue weighted by Gasteiger charge is -2.54. The highest BCUT2D eigenvalue weighted by Gasteiger charge is 2.71. The first kappa shape index (κ1) is 43.6. The molecule has 0 aromatic heterocycles. The average Bonchev–Trinajstić information content (AvgIpc) is 3.88. The van der Waals surface area contributed by atoms with Gasteiger partial charge in [0.25, 0.3) is 0 Å². The smallest absolute Gasteiger partial charge is 0.237 e. The third-order valence-corrected chi connectivity index (χ3v) is 18.9. The van der Waals surface area contributed by atoms with E-state index in [9.17, 15) is 19.2 Å². The number of imide groups is 2. The third-order valence-electron chi connectivity index (χ3n) is 18.9. The highest BCUT2D eigenvalue weighted by Crippen LogP contribution is 2.75. The van der Waals surface area contributed by atoms with Gasteiger partial charge >= 0.3 is 0 Å². The second-order valence-electron chi connectivity index (χ2n) is 23.2. The molecule has 16 atom stereocenters. The molecule has 0 bridgehead atoms. The molecule has 352 valence electrons. The number of benzene rings is 2. The normalized spacial score (nSPS) is 42.8. The van der Waals surface area contributed by atoms with Crippen LogP contribution in [0.1, 0.15) is 91.9 Å². The molecule has 6 saturated carbocycles. The maximum Gasteiger partial charge on any atom is 0.237 e. The topological polar surface area (TPSA) is 130 Å². The molecule has 10 aliphatic rings. The largest absolute Gasteiger partial charge is 0.481 e. The Labute approximate surface area is 393 Å². The van der Waals surface area contributed by atoms with Crippen molar-refractivity contribution in [1.82, 2.24) is 0 Å². The van der Waals surface area contributed by atoms with Gasteiger partial charge in [-0.25, -0.2) is 0 Å². The Hall–Kier alpha value is -4.72. The summed E-state index contributed by atoms with van der Waals surface area (Å²) in [4.78, 5) is 58.6. The van der Waals surface area contributed by atoms with Crippen molar-refractivity contribution >= 4 is 35.0 Å². The highest BCUT2D eigenvalue weighted by atomic mass is 16.6. The second-order valence-corrected chi connectivity index (χ2v) is 23.2. The SMILES string of the molecule is C#CCOc1ccc(N2C(=O)C3CC4OC5CC6C(CC5OC4CC3C2=O)C2(CC6(C)C)CC(C)(C)C3CC4OC5CC6C(=O)N(c7ccc(OCC#C)cc7)C(=O)C6CC5OC4CC32)cc1. The number of terminal acetylenes is 2. The van der Waals surface area contributed by atoms with Gasteiger partial charge in [0.1, 0.15) is 24.7 Å². The number of amides is 4. The van der Waals surface area contributed by atoms with Crippen molar-refractivity contribution in [3.8, 4) is 36.2 Å². The molecule has 4 aliphatic heterocycles. The zero-order valence-corrected chi connectivity index (χ0v) is 39.0. The lowest BCUT2D eigenvalue weighted by Crippen LogP contribution is -2.59. The van der Waals surface area contributed by atoms with E-state index in [1.807, 2.05) is 0 Å². The van der Waals surface area contributed by atoms with E-state index in [2.05, 4.69) is 39.5 Å². The summed E-state index contributed by atoms with van der Waals surface area (Å²) in [7, 11) is 0. The van der Waals surface area contributed by atoms with Crippen LogP contribution in [0.15, 0.2) is 48.5 Å². The van der Waals surface area contributed by atoms with E-state index in [0.29, 0.717) is 72.2 Å². The fraction of sp³-hybridized carbons (Fsp3) is 0.636. The van der Waals surface area contributed by atoms with Crippen LogP contribution < -0.4 is 19.3 Å². The van der Waals surface area contributed by atoms with E-state index in [0.717, 1.165) is 38.5 Å². The first-order chi connectivity index (χ1) is 32.2. The van der Waals surface area contributed by atoms with Crippen LogP contribution in [0, 0.1) is 88.3 Å². The summed E-state index contributed by atoms with van der Waals surface area (Å²) >= 11 is 0. The number of carbonyl (C=O) groups is 4. The number of nitrogens with zero attached hydrogens (tertiary/aromatic N) is 2. The standard InChI is InChI=1S/C55H62N2O10/c1-7-17-62-31-13-9-29(10-14-31)56-49(58)33-19-41-43(21-35(33)51(56)60)66-47-25-39-37(23-45(47)64-41)53(3,4)27-55(39)28-54(5,6)38-24-46-48(26-40(38)55)67-44-22-36-34(20-42(44)65-46)50(59)57(52(36)61)30-11-15-32(16-12-30)63-18-8-2/h1-2,9-16,33-48H,17-28H2,3-6H3. The molecule has 0 N–H and O–H groups in total. The monoisotopic (exact) mass is 910 g/mol.